The van der Waals surface area contributed by atoms with Gasteiger partial charge in [0.15, 0.2) is 0 Å². The van der Waals surface area contributed by atoms with Gasteiger partial charge in [-0.05, 0) is 29.9 Å². The molecule has 1 aromatic carbocycles. The van der Waals surface area contributed by atoms with Crippen molar-refractivity contribution >= 4 is 22.0 Å². The third kappa shape index (κ3) is 2.67. The van der Waals surface area contributed by atoms with Crippen molar-refractivity contribution in [2.75, 3.05) is 0 Å². The zero-order valence-electron chi connectivity index (χ0n) is 13.4. The summed E-state index contributed by atoms with van der Waals surface area (Å²) in [5.74, 6) is 1.06. The smallest absolute Gasteiger partial charge is 0.139 e. The first-order chi connectivity index (χ1) is 9.95. The molecule has 3 heteroatoms. The van der Waals surface area contributed by atoms with Gasteiger partial charge in [-0.25, -0.2) is 9.98 Å². The number of fused-ring (bicyclic) bond motifs is 1. The van der Waals surface area contributed by atoms with E-state index in [1.165, 1.54) is 22.4 Å². The van der Waals surface area contributed by atoms with Crippen LogP contribution in [0.15, 0.2) is 23.2 Å². The highest BCUT2D eigenvalue weighted by Crippen LogP contribution is 2.40. The minimum Gasteiger partial charge on any atom is -0.245 e. The zero-order chi connectivity index (χ0) is 15.1. The number of aromatic nitrogens is 1. The first kappa shape index (κ1) is 14.5. The van der Waals surface area contributed by atoms with Crippen molar-refractivity contribution in [3.63, 3.8) is 0 Å². The lowest BCUT2D eigenvalue weighted by molar-refractivity contribution is 0.835. The van der Waals surface area contributed by atoms with Crippen molar-refractivity contribution in [1.82, 2.24) is 4.98 Å². The summed E-state index contributed by atoms with van der Waals surface area (Å²) in [6.45, 7) is 11.1. The van der Waals surface area contributed by atoms with E-state index in [0.29, 0.717) is 11.8 Å². The van der Waals surface area contributed by atoms with Crippen LogP contribution in [0.25, 0.3) is 10.6 Å². The van der Waals surface area contributed by atoms with E-state index in [-0.39, 0.29) is 0 Å². The highest BCUT2D eigenvalue weighted by molar-refractivity contribution is 7.19. The fourth-order valence-electron chi connectivity index (χ4n) is 2.73. The SMILES string of the molecule is CC1=Nc2sc(-c3ccc(C(C)C)cc3C(C)C)nc2C1. The number of benzene rings is 1. The molecule has 0 saturated carbocycles. The van der Waals surface area contributed by atoms with E-state index in [4.69, 9.17) is 4.98 Å². The molecule has 0 amide bonds. The molecule has 0 N–H and O–H groups in total. The maximum Gasteiger partial charge on any atom is 0.139 e. The summed E-state index contributed by atoms with van der Waals surface area (Å²) in [5, 5.41) is 2.22. The standard InChI is InChI=1S/C18H22N2S/c1-10(2)13-6-7-14(15(9-13)11(3)4)17-20-16-8-12(5)19-18(16)21-17/h6-7,9-11H,8H2,1-5H3. The largest absolute Gasteiger partial charge is 0.245 e. The summed E-state index contributed by atoms with van der Waals surface area (Å²) < 4.78 is 0. The molecule has 0 saturated heterocycles. The lowest BCUT2D eigenvalue weighted by Gasteiger charge is -2.15. The molecule has 0 fully saturated rings. The highest BCUT2D eigenvalue weighted by Gasteiger charge is 2.20. The van der Waals surface area contributed by atoms with Gasteiger partial charge in [0.1, 0.15) is 10.0 Å². The summed E-state index contributed by atoms with van der Waals surface area (Å²) >= 11 is 1.73. The quantitative estimate of drug-likeness (QED) is 0.713. The lowest BCUT2D eigenvalue weighted by atomic mass is 9.92. The second kappa shape index (κ2) is 5.38. The Morgan fingerprint density at radius 3 is 2.48 bits per heavy atom. The minimum atomic E-state index is 0.502. The fraction of sp³-hybridized carbons (Fsp3) is 0.444. The van der Waals surface area contributed by atoms with E-state index in [1.807, 2.05) is 0 Å². The number of hydrogen-bond acceptors (Lipinski definition) is 3. The molecule has 2 heterocycles. The Morgan fingerprint density at radius 2 is 1.86 bits per heavy atom. The maximum absolute atomic E-state index is 4.83. The fourth-order valence-corrected chi connectivity index (χ4v) is 3.80. The van der Waals surface area contributed by atoms with Gasteiger partial charge in [0, 0.05) is 17.7 Å². The molecule has 0 atom stereocenters. The molecule has 3 rings (SSSR count). The normalized spacial score (nSPS) is 14.0. The predicted molar refractivity (Wildman–Crippen MR) is 92.2 cm³/mol. The molecule has 0 radical (unpaired) electrons. The molecule has 110 valence electrons. The van der Waals surface area contributed by atoms with Gasteiger partial charge >= 0.3 is 0 Å². The molecule has 0 unspecified atom stereocenters. The Balaban J connectivity index is 2.08. The average molecular weight is 298 g/mol. The monoisotopic (exact) mass is 298 g/mol. The van der Waals surface area contributed by atoms with Gasteiger partial charge in [-0.1, -0.05) is 57.2 Å². The topological polar surface area (TPSA) is 25.2 Å². The van der Waals surface area contributed by atoms with E-state index in [2.05, 4.69) is 57.8 Å². The Hall–Kier alpha value is -1.48. The molecule has 1 aromatic heterocycles. The van der Waals surface area contributed by atoms with Gasteiger partial charge in [-0.15, -0.1) is 0 Å². The van der Waals surface area contributed by atoms with E-state index < -0.39 is 0 Å². The Bertz CT molecular complexity index is 708. The maximum atomic E-state index is 4.83. The van der Waals surface area contributed by atoms with Crippen LogP contribution in [0.4, 0.5) is 5.00 Å². The molecule has 2 aromatic rings. The van der Waals surface area contributed by atoms with Crippen molar-refractivity contribution in [2.24, 2.45) is 4.99 Å². The molecular formula is C18H22N2S. The molecule has 0 spiro atoms. The number of thiazole rings is 1. The van der Waals surface area contributed by atoms with Gasteiger partial charge in [0.05, 0.1) is 5.69 Å². The number of aliphatic imine (C=N–C) groups is 1. The van der Waals surface area contributed by atoms with E-state index in [9.17, 15) is 0 Å². The van der Waals surface area contributed by atoms with Crippen molar-refractivity contribution in [3.8, 4) is 10.6 Å². The van der Waals surface area contributed by atoms with Gasteiger partial charge < -0.3 is 0 Å². The van der Waals surface area contributed by atoms with Crippen LogP contribution < -0.4 is 0 Å². The zero-order valence-corrected chi connectivity index (χ0v) is 14.2. The van der Waals surface area contributed by atoms with Crippen LogP contribution in [-0.4, -0.2) is 10.7 Å². The summed E-state index contributed by atoms with van der Waals surface area (Å²) in [6.07, 6.45) is 0.910. The number of nitrogens with zero attached hydrogens (tertiary/aromatic N) is 2. The lowest BCUT2D eigenvalue weighted by Crippen LogP contribution is -1.97. The molecule has 1 aliphatic heterocycles. The van der Waals surface area contributed by atoms with Crippen LogP contribution in [0.2, 0.25) is 0 Å². The summed E-state index contributed by atoms with van der Waals surface area (Å²) in [4.78, 5) is 9.42. The second-order valence-corrected chi connectivity index (χ2v) is 7.43. The van der Waals surface area contributed by atoms with Crippen molar-refractivity contribution in [1.29, 1.82) is 0 Å². The average Bonchev–Trinajstić information content (AvgIpc) is 2.94. The second-order valence-electron chi connectivity index (χ2n) is 6.45. The van der Waals surface area contributed by atoms with Gasteiger partial charge in [0.2, 0.25) is 0 Å². The van der Waals surface area contributed by atoms with Crippen LogP contribution >= 0.6 is 11.3 Å². The molecule has 21 heavy (non-hydrogen) atoms. The van der Waals surface area contributed by atoms with E-state index in [0.717, 1.165) is 22.1 Å². The van der Waals surface area contributed by atoms with Gasteiger partial charge in [-0.3, -0.25) is 0 Å². The van der Waals surface area contributed by atoms with E-state index in [1.54, 1.807) is 11.3 Å². The van der Waals surface area contributed by atoms with Gasteiger partial charge in [-0.2, -0.15) is 0 Å². The van der Waals surface area contributed by atoms with E-state index >= 15 is 0 Å². The third-order valence-electron chi connectivity index (χ3n) is 3.99. The van der Waals surface area contributed by atoms with Crippen molar-refractivity contribution in [3.05, 3.63) is 35.0 Å². The summed E-state index contributed by atoms with van der Waals surface area (Å²) in [6, 6.07) is 6.84. The predicted octanol–water partition coefficient (Wildman–Crippen LogP) is 5.71. The molecule has 2 nitrogen and oxygen atoms in total. The van der Waals surface area contributed by atoms with Crippen molar-refractivity contribution in [2.45, 2.75) is 52.9 Å². The Morgan fingerprint density at radius 1 is 1.10 bits per heavy atom. The number of hydrogen-bond donors (Lipinski definition) is 0. The molecule has 0 bridgehead atoms. The molecular weight excluding hydrogens is 276 g/mol. The van der Waals surface area contributed by atoms with Crippen LogP contribution in [-0.2, 0) is 6.42 Å². The molecule has 0 aliphatic carbocycles. The van der Waals surface area contributed by atoms with Gasteiger partial charge in [0.25, 0.3) is 0 Å². The summed E-state index contributed by atoms with van der Waals surface area (Å²) in [5.41, 5.74) is 6.40. The first-order valence-corrected chi connectivity index (χ1v) is 8.45. The highest BCUT2D eigenvalue weighted by atomic mass is 32.1. The van der Waals surface area contributed by atoms with Crippen molar-refractivity contribution < 1.29 is 0 Å². The first-order valence-electron chi connectivity index (χ1n) is 7.63. The van der Waals surface area contributed by atoms with Crippen LogP contribution in [0.5, 0.6) is 0 Å². The number of rotatable bonds is 3. The minimum absolute atomic E-state index is 0.502. The third-order valence-corrected chi connectivity index (χ3v) is 5.01. The Labute approximate surface area is 131 Å². The Kier molecular flexibility index (Phi) is 3.70. The summed E-state index contributed by atoms with van der Waals surface area (Å²) in [7, 11) is 0. The molecule has 1 aliphatic rings. The van der Waals surface area contributed by atoms with Crippen LogP contribution in [0, 0.1) is 0 Å². The van der Waals surface area contributed by atoms with Crippen LogP contribution in [0.3, 0.4) is 0 Å². The van der Waals surface area contributed by atoms with Crippen LogP contribution in [0.1, 0.15) is 63.3 Å².